The van der Waals surface area contributed by atoms with Crippen LogP contribution in [0.3, 0.4) is 0 Å². The Hall–Kier alpha value is -12.5. The second kappa shape index (κ2) is 47.9. The summed E-state index contributed by atoms with van der Waals surface area (Å²) in [4.78, 5) is 271. The number of phenolic OH excluding ortho intramolecular Hbond substituents is 1. The molecule has 17 amide bonds. The number of para-hydroxylation sites is 2. The normalized spacial score (nSPS) is 25.0. The third-order valence-electron chi connectivity index (χ3n) is 23.4. The van der Waals surface area contributed by atoms with Crippen LogP contribution in [0.15, 0.2) is 85.2 Å². The second-order valence-electron chi connectivity index (χ2n) is 33.5. The summed E-state index contributed by atoms with van der Waals surface area (Å²) in [5.41, 5.74) is 19.6. The minimum Gasteiger partial charge on any atom is -0.508 e. The minimum atomic E-state index is -1.75. The molecule has 0 unspecified atom stereocenters. The fourth-order valence-corrected chi connectivity index (χ4v) is 17.0. The molecule has 8 rings (SSSR count). The summed E-state index contributed by atoms with van der Waals surface area (Å²) < 4.78 is 0. The number of ketones is 1. The first-order valence-electron chi connectivity index (χ1n) is 43.4. The van der Waals surface area contributed by atoms with Crippen LogP contribution in [0.4, 0.5) is 0 Å². The van der Waals surface area contributed by atoms with Gasteiger partial charge in [0.2, 0.25) is 100 Å². The Morgan fingerprint density at radius 1 is 0.555 bits per heavy atom. The molecule has 40 heteroatoms. The SMILES string of the molecule is CCCC[C@H]1C(=O)N(C)[C@@H](CCCC)C(=O)N[C@@H](CC(C)C)C(=O)N[C@H](C(=O)NCC(N)=O)CSCC(=O)N[C@@H](Cc2ccc(O)cc2)C(=O)N(C)[C@@H](C)C(=O)N[C@@H](CC(N)=O)C(=O)N2CCC[C@H]2C(=O)NCC(=O)N[C@@H](CCC(N)=O)C(=O)N2C[C@H](O)C[C@H]2C(=O)C[C@@H](Cc2c[nH]c3ccccc23)C(=O)N[C@@H](CC)C(=O)N[C@@H](Cc2c[nH]c3ccccc23)C(=O)N1C. The number of aliphatic hydroxyl groups is 1. The van der Waals surface area contributed by atoms with E-state index < -0.39 is 242 Å². The molecule has 19 N–H and O–H groups in total. The van der Waals surface area contributed by atoms with Crippen LogP contribution < -0.4 is 65.1 Å². The summed E-state index contributed by atoms with van der Waals surface area (Å²) in [5.74, 6) is -18.5. The lowest BCUT2D eigenvalue weighted by Gasteiger charge is -2.36. The van der Waals surface area contributed by atoms with Crippen molar-refractivity contribution in [2.24, 2.45) is 29.0 Å². The lowest BCUT2D eigenvalue weighted by molar-refractivity contribution is -0.149. The Labute approximate surface area is 746 Å². The number of amides is 17. The molecule has 0 saturated carbocycles. The van der Waals surface area contributed by atoms with Crippen LogP contribution in [0.25, 0.3) is 21.8 Å². The number of aromatic amines is 2. The van der Waals surface area contributed by atoms with Crippen molar-refractivity contribution in [3.05, 3.63) is 102 Å². The zero-order valence-corrected chi connectivity index (χ0v) is 74.6. The van der Waals surface area contributed by atoms with E-state index in [9.17, 15) is 67.7 Å². The summed E-state index contributed by atoms with van der Waals surface area (Å²) in [7, 11) is 4.02. The van der Waals surface area contributed by atoms with Crippen LogP contribution in [0.2, 0.25) is 0 Å². The maximum Gasteiger partial charge on any atom is 0.246 e. The molecule has 0 bridgehead atoms. The highest BCUT2D eigenvalue weighted by atomic mass is 32.2. The molecule has 3 aliphatic heterocycles. The number of aromatic nitrogens is 2. The first-order valence-corrected chi connectivity index (χ1v) is 44.6. The molecular formula is C88H123N19O20S. The minimum absolute atomic E-state index is 0.00124. The van der Waals surface area contributed by atoms with Gasteiger partial charge in [-0.15, -0.1) is 11.8 Å². The van der Waals surface area contributed by atoms with Gasteiger partial charge in [-0.3, -0.25) is 86.3 Å². The molecule has 14 atom stereocenters. The van der Waals surface area contributed by atoms with Crippen LogP contribution in [0.5, 0.6) is 5.75 Å². The fraction of sp³-hybridized carbons (Fsp3) is 0.545. The molecule has 3 saturated heterocycles. The van der Waals surface area contributed by atoms with E-state index in [4.69, 9.17) is 17.2 Å². The number of nitrogens with zero attached hydrogens (tertiary/aromatic N) is 5. The molecule has 0 aliphatic carbocycles. The number of benzene rings is 3. The van der Waals surface area contributed by atoms with Crippen molar-refractivity contribution in [2.45, 2.75) is 236 Å². The molecule has 3 aromatic carbocycles. The Morgan fingerprint density at radius 2 is 1.12 bits per heavy atom. The predicted molar refractivity (Wildman–Crippen MR) is 472 cm³/mol. The molecule has 696 valence electrons. The van der Waals surface area contributed by atoms with Crippen molar-refractivity contribution < 1.29 is 96.5 Å². The van der Waals surface area contributed by atoms with Crippen molar-refractivity contribution in [3.8, 4) is 5.75 Å². The third kappa shape index (κ3) is 28.0. The van der Waals surface area contributed by atoms with Crippen LogP contribution >= 0.6 is 11.8 Å². The summed E-state index contributed by atoms with van der Waals surface area (Å²) in [6, 6.07) is 2.37. The third-order valence-corrected chi connectivity index (χ3v) is 24.4. The Balaban J connectivity index is 1.17. The summed E-state index contributed by atoms with van der Waals surface area (Å²) in [6.07, 6.45) is 0.747. The maximum atomic E-state index is 15.7. The summed E-state index contributed by atoms with van der Waals surface area (Å²) in [5, 5.41) is 46.5. The fourth-order valence-electron chi connectivity index (χ4n) is 16.1. The molecule has 0 radical (unpaired) electrons. The number of fused-ring (bicyclic) bond motifs is 4. The molecule has 5 aromatic rings. The van der Waals surface area contributed by atoms with Crippen molar-refractivity contribution in [3.63, 3.8) is 0 Å². The maximum absolute atomic E-state index is 15.7. The van der Waals surface area contributed by atoms with Gasteiger partial charge in [0, 0.05) is 112 Å². The number of nitrogens with two attached hydrogens (primary N) is 3. The van der Waals surface area contributed by atoms with Gasteiger partial charge in [-0.2, -0.15) is 0 Å². The number of carbonyl (C=O) groups excluding carboxylic acids is 18. The number of phenols is 1. The average Bonchev–Trinajstić information content (AvgIpc) is 1.05. The van der Waals surface area contributed by atoms with E-state index in [0.717, 1.165) is 26.5 Å². The molecule has 3 fully saturated rings. The number of aliphatic hydroxyl groups excluding tert-OH is 1. The Morgan fingerprint density at radius 3 is 1.73 bits per heavy atom. The number of primary amides is 3. The number of carbonyl (C=O) groups is 18. The van der Waals surface area contributed by atoms with Crippen LogP contribution in [0.1, 0.15) is 155 Å². The van der Waals surface area contributed by atoms with Gasteiger partial charge in [0.1, 0.15) is 72.2 Å². The Bertz CT molecular complexity index is 4850. The van der Waals surface area contributed by atoms with Crippen LogP contribution in [-0.2, 0) is 106 Å². The zero-order valence-electron chi connectivity index (χ0n) is 73.8. The van der Waals surface area contributed by atoms with Crippen molar-refractivity contribution >= 4 is 140 Å². The molecule has 39 nitrogen and oxygen atoms in total. The lowest BCUT2D eigenvalue weighted by Crippen LogP contribution is -2.60. The van der Waals surface area contributed by atoms with Gasteiger partial charge in [0.15, 0.2) is 5.78 Å². The van der Waals surface area contributed by atoms with Crippen molar-refractivity contribution in [2.75, 3.05) is 58.8 Å². The van der Waals surface area contributed by atoms with Crippen LogP contribution in [0, 0.1) is 11.8 Å². The van der Waals surface area contributed by atoms with E-state index in [1.807, 2.05) is 26.0 Å². The summed E-state index contributed by atoms with van der Waals surface area (Å²) >= 11 is 0.800. The molecule has 5 heterocycles. The van der Waals surface area contributed by atoms with E-state index in [-0.39, 0.29) is 88.2 Å². The highest BCUT2D eigenvalue weighted by Crippen LogP contribution is 2.30. The van der Waals surface area contributed by atoms with Gasteiger partial charge in [-0.25, -0.2) is 0 Å². The molecule has 2 aromatic heterocycles. The first kappa shape index (κ1) is 101. The number of aromatic hydroxyl groups is 1. The molecule has 128 heavy (non-hydrogen) atoms. The topological polar surface area (TPSA) is 582 Å². The van der Waals surface area contributed by atoms with Crippen molar-refractivity contribution in [1.82, 2.24) is 82.3 Å². The number of H-pyrrole nitrogens is 2. The van der Waals surface area contributed by atoms with Gasteiger partial charge in [0.05, 0.1) is 37.4 Å². The molecule has 3 aliphatic rings. The predicted octanol–water partition coefficient (Wildman–Crippen LogP) is -0.753. The second-order valence-corrected chi connectivity index (χ2v) is 34.5. The number of nitrogens with one attached hydrogen (secondary N) is 11. The number of Topliss-reactive ketones (excluding diaryl/α,β-unsaturated/α-hetero) is 1. The average molecular weight is 1800 g/mol. The number of thioether (sulfide) groups is 1. The van der Waals surface area contributed by atoms with Gasteiger partial charge in [-0.1, -0.05) is 109 Å². The van der Waals surface area contributed by atoms with E-state index in [1.54, 1.807) is 69.6 Å². The number of likely N-dealkylation sites (N-methyl/N-ethyl adjacent to an activating group) is 3. The standard InChI is InChI=1S/C88H123N19O20S/c1-10-13-24-67-83(122)99-62(34-48(4)5)81(120)102-66(79(118)94-43-74(91)113)46-128-47-76(115)97-63(35-50-27-29-54(108)30-28-50)84(123)103(7)49(6)77(116)100-65(40-73(90)112)87(126)106-33-19-26-68(106)82(121)95-44-75(114)96-61(31-32-72(89)111)86(125)107-45-55(109)39-70(107)71(110)38-51(36-52-41-92-59-22-17-15-20-56(52)59)78(117)98-58(12-3)80(119)101-64(37-53-42-93-60-23-18-16-21-57(53)60)85(124)105(9)69(25-14-11-2)88(127)104(67)8/h15-18,20-23,27-30,41-42,48-49,51,55,58,61-70,92-93,108-109H,10-14,19,24-26,31-40,43-47H2,1-9H3,(H2,89,111)(H2,90,112)(H2,91,113)(H,94,118)(H,95,121)(H,96,114)(H,97,115)(H,98,117)(H,99,122)(H,100,116)(H,101,119)(H,102,120)/t49-,51+,55+,58-,61-,62-,63-,64-,65-,66-,67-,68-,69-,70-/m0/s1. The van der Waals surface area contributed by atoms with Gasteiger partial charge in [0.25, 0.3) is 0 Å². The zero-order chi connectivity index (χ0) is 93.9. The van der Waals surface area contributed by atoms with E-state index >= 15 is 28.8 Å². The highest BCUT2D eigenvalue weighted by molar-refractivity contribution is 8.00. The number of rotatable bonds is 23. The van der Waals surface area contributed by atoms with Crippen molar-refractivity contribution in [1.29, 1.82) is 0 Å². The largest absolute Gasteiger partial charge is 0.508 e. The monoisotopic (exact) mass is 1800 g/mol. The number of hydrogen-bond acceptors (Lipinski definition) is 21. The summed E-state index contributed by atoms with van der Waals surface area (Å²) in [6.45, 7) is 8.05. The quantitative estimate of drug-likeness (QED) is 0.0382. The van der Waals surface area contributed by atoms with E-state index in [2.05, 4.69) is 57.8 Å². The number of unbranched alkanes of at least 4 members (excludes halogenated alkanes) is 2. The smallest absolute Gasteiger partial charge is 0.246 e. The van der Waals surface area contributed by atoms with E-state index in [0.29, 0.717) is 64.2 Å². The van der Waals surface area contributed by atoms with Gasteiger partial charge in [-0.05, 0) is 105 Å². The molecule has 0 spiro atoms. The number of hydrogen-bond donors (Lipinski definition) is 16. The molecular weight excluding hydrogens is 1680 g/mol. The van der Waals surface area contributed by atoms with Gasteiger partial charge < -0.3 is 110 Å². The van der Waals surface area contributed by atoms with Crippen LogP contribution in [-0.4, -0.2) is 288 Å². The Kier molecular flexibility index (Phi) is 37.8. The van der Waals surface area contributed by atoms with E-state index in [1.165, 1.54) is 62.1 Å². The lowest BCUT2D eigenvalue weighted by atomic mass is 9.90. The van der Waals surface area contributed by atoms with Gasteiger partial charge >= 0.3 is 0 Å². The highest BCUT2D eigenvalue weighted by Gasteiger charge is 2.46. The first-order chi connectivity index (χ1) is 60.8.